The van der Waals surface area contributed by atoms with E-state index in [9.17, 15) is 9.59 Å². The van der Waals surface area contributed by atoms with Gasteiger partial charge in [0.05, 0.1) is 5.75 Å². The average Bonchev–Trinajstić information content (AvgIpc) is 2.39. The minimum atomic E-state index is -0.859. The van der Waals surface area contributed by atoms with Crippen LogP contribution < -0.4 is 5.32 Å². The van der Waals surface area contributed by atoms with E-state index in [0.29, 0.717) is 6.54 Å². The van der Waals surface area contributed by atoms with Gasteiger partial charge in [-0.1, -0.05) is 44.2 Å². The molecule has 0 fully saturated rings. The van der Waals surface area contributed by atoms with Gasteiger partial charge in [0, 0.05) is 6.54 Å². The van der Waals surface area contributed by atoms with Gasteiger partial charge >= 0.3 is 5.97 Å². The third-order valence-electron chi connectivity index (χ3n) is 2.82. The molecule has 1 aromatic rings. The molecule has 1 rings (SSSR count). The number of aliphatic carboxylic acids is 1. The predicted octanol–water partition coefficient (Wildman–Crippen LogP) is 2.19. The Bertz CT molecular complexity index is 434. The van der Waals surface area contributed by atoms with Gasteiger partial charge in [-0.25, -0.2) is 0 Å². The van der Waals surface area contributed by atoms with Crippen LogP contribution in [0.25, 0.3) is 0 Å². The summed E-state index contributed by atoms with van der Waals surface area (Å²) in [5.41, 5.74) is 1.17. The van der Waals surface area contributed by atoms with Crippen molar-refractivity contribution >= 4 is 23.6 Å². The molecule has 0 spiro atoms. The SMILES string of the molecule is CC(C)C(SCC(=O)NCCc1ccccc1)C(=O)O. The highest BCUT2D eigenvalue weighted by Crippen LogP contribution is 2.19. The Balaban J connectivity index is 2.25. The molecule has 2 N–H and O–H groups in total. The first-order chi connectivity index (χ1) is 9.50. The summed E-state index contributed by atoms with van der Waals surface area (Å²) in [5.74, 6) is -0.779. The molecular formula is C15H21NO3S. The van der Waals surface area contributed by atoms with Crippen molar-refractivity contribution in [2.75, 3.05) is 12.3 Å². The van der Waals surface area contributed by atoms with E-state index in [-0.39, 0.29) is 17.6 Å². The van der Waals surface area contributed by atoms with Crippen molar-refractivity contribution < 1.29 is 14.7 Å². The Kier molecular flexibility index (Phi) is 7.15. The summed E-state index contributed by atoms with van der Waals surface area (Å²) in [6.07, 6.45) is 0.782. The molecule has 1 amide bonds. The van der Waals surface area contributed by atoms with Crippen LogP contribution in [0.4, 0.5) is 0 Å². The maximum absolute atomic E-state index is 11.7. The molecule has 0 aromatic heterocycles. The first-order valence-corrected chi connectivity index (χ1v) is 7.70. The molecule has 0 heterocycles. The van der Waals surface area contributed by atoms with E-state index in [0.717, 1.165) is 6.42 Å². The van der Waals surface area contributed by atoms with Crippen LogP contribution in [0.2, 0.25) is 0 Å². The normalized spacial score (nSPS) is 12.2. The fraction of sp³-hybridized carbons (Fsp3) is 0.467. The summed E-state index contributed by atoms with van der Waals surface area (Å²) in [6.45, 7) is 4.26. The molecule has 0 saturated heterocycles. The third-order valence-corrected chi connectivity index (χ3v) is 4.36. The Hall–Kier alpha value is -1.49. The summed E-state index contributed by atoms with van der Waals surface area (Å²) in [4.78, 5) is 22.7. The van der Waals surface area contributed by atoms with E-state index in [4.69, 9.17) is 5.11 Å². The number of carbonyl (C=O) groups excluding carboxylic acids is 1. The maximum Gasteiger partial charge on any atom is 0.316 e. The highest BCUT2D eigenvalue weighted by molar-refractivity contribution is 8.01. The molecular weight excluding hydrogens is 274 g/mol. The predicted molar refractivity (Wildman–Crippen MR) is 81.9 cm³/mol. The van der Waals surface area contributed by atoms with Crippen molar-refractivity contribution in [1.29, 1.82) is 0 Å². The smallest absolute Gasteiger partial charge is 0.316 e. The van der Waals surface area contributed by atoms with E-state index < -0.39 is 11.2 Å². The van der Waals surface area contributed by atoms with Crippen LogP contribution in [-0.4, -0.2) is 34.5 Å². The first kappa shape index (κ1) is 16.6. The van der Waals surface area contributed by atoms with Crippen LogP contribution in [0, 0.1) is 5.92 Å². The van der Waals surface area contributed by atoms with Crippen molar-refractivity contribution in [1.82, 2.24) is 5.32 Å². The highest BCUT2D eigenvalue weighted by atomic mass is 32.2. The van der Waals surface area contributed by atoms with Crippen molar-refractivity contribution in [3.63, 3.8) is 0 Å². The number of rotatable bonds is 8. The molecule has 1 unspecified atom stereocenters. The largest absolute Gasteiger partial charge is 0.480 e. The number of carboxylic acid groups (broad SMARTS) is 1. The maximum atomic E-state index is 11.7. The quantitative estimate of drug-likeness (QED) is 0.771. The molecule has 110 valence electrons. The Morgan fingerprint density at radius 2 is 1.90 bits per heavy atom. The lowest BCUT2D eigenvalue weighted by Crippen LogP contribution is -2.30. The van der Waals surface area contributed by atoms with Gasteiger partial charge in [-0.2, -0.15) is 0 Å². The highest BCUT2D eigenvalue weighted by Gasteiger charge is 2.22. The Morgan fingerprint density at radius 1 is 1.25 bits per heavy atom. The molecule has 0 radical (unpaired) electrons. The van der Waals surface area contributed by atoms with Crippen molar-refractivity contribution in [3.8, 4) is 0 Å². The van der Waals surface area contributed by atoms with Crippen molar-refractivity contribution in [2.45, 2.75) is 25.5 Å². The van der Waals surface area contributed by atoms with Gasteiger partial charge in [-0.05, 0) is 17.9 Å². The van der Waals surface area contributed by atoms with Crippen LogP contribution in [0.3, 0.4) is 0 Å². The minimum absolute atomic E-state index is 0.00891. The number of thioether (sulfide) groups is 1. The zero-order chi connectivity index (χ0) is 15.0. The standard InChI is InChI=1S/C15H21NO3S/c1-11(2)14(15(18)19)20-10-13(17)16-9-8-12-6-4-3-5-7-12/h3-7,11,14H,8-10H2,1-2H3,(H,16,17)(H,18,19). The number of amides is 1. The second kappa shape index (κ2) is 8.64. The third kappa shape index (κ3) is 6.10. The zero-order valence-electron chi connectivity index (χ0n) is 11.8. The van der Waals surface area contributed by atoms with Crippen LogP contribution in [0.15, 0.2) is 30.3 Å². The second-order valence-electron chi connectivity index (χ2n) is 4.90. The lowest BCUT2D eigenvalue weighted by molar-refractivity contribution is -0.137. The summed E-state index contributed by atoms with van der Waals surface area (Å²) in [7, 11) is 0. The van der Waals surface area contributed by atoms with E-state index in [1.165, 1.54) is 17.3 Å². The van der Waals surface area contributed by atoms with Crippen molar-refractivity contribution in [3.05, 3.63) is 35.9 Å². The molecule has 0 bridgehead atoms. The zero-order valence-corrected chi connectivity index (χ0v) is 12.7. The summed E-state index contributed by atoms with van der Waals surface area (Å²) < 4.78 is 0. The molecule has 20 heavy (non-hydrogen) atoms. The number of hydrogen-bond acceptors (Lipinski definition) is 3. The van der Waals surface area contributed by atoms with Gasteiger partial charge < -0.3 is 10.4 Å². The van der Waals surface area contributed by atoms with Gasteiger partial charge in [0.1, 0.15) is 5.25 Å². The molecule has 1 aromatic carbocycles. The van der Waals surface area contributed by atoms with Crippen LogP contribution >= 0.6 is 11.8 Å². The van der Waals surface area contributed by atoms with Gasteiger partial charge in [-0.3, -0.25) is 9.59 Å². The van der Waals surface area contributed by atoms with Gasteiger partial charge in [-0.15, -0.1) is 11.8 Å². The number of nitrogens with one attached hydrogen (secondary N) is 1. The Morgan fingerprint density at radius 3 is 2.45 bits per heavy atom. The summed E-state index contributed by atoms with van der Waals surface area (Å²) in [5, 5.41) is 11.3. The van der Waals surface area contributed by atoms with Crippen LogP contribution in [0.1, 0.15) is 19.4 Å². The fourth-order valence-corrected chi connectivity index (χ4v) is 2.72. The molecule has 1 atom stereocenters. The molecule has 5 heteroatoms. The lowest BCUT2D eigenvalue weighted by Gasteiger charge is -2.15. The molecule has 0 saturated carbocycles. The number of carboxylic acids is 1. The van der Waals surface area contributed by atoms with Crippen LogP contribution in [-0.2, 0) is 16.0 Å². The van der Waals surface area contributed by atoms with Gasteiger partial charge in [0.25, 0.3) is 0 Å². The first-order valence-electron chi connectivity index (χ1n) is 6.65. The van der Waals surface area contributed by atoms with Gasteiger partial charge in [0.15, 0.2) is 0 Å². The number of carbonyl (C=O) groups is 2. The number of hydrogen-bond donors (Lipinski definition) is 2. The van der Waals surface area contributed by atoms with Gasteiger partial charge in [0.2, 0.25) is 5.91 Å². The minimum Gasteiger partial charge on any atom is -0.480 e. The number of benzene rings is 1. The van der Waals surface area contributed by atoms with E-state index in [1.807, 2.05) is 44.2 Å². The Labute approximate surface area is 124 Å². The molecule has 0 aliphatic carbocycles. The monoisotopic (exact) mass is 295 g/mol. The second-order valence-corrected chi connectivity index (χ2v) is 6.03. The topological polar surface area (TPSA) is 66.4 Å². The summed E-state index contributed by atoms with van der Waals surface area (Å²) >= 11 is 1.18. The average molecular weight is 295 g/mol. The molecule has 4 nitrogen and oxygen atoms in total. The lowest BCUT2D eigenvalue weighted by atomic mass is 10.1. The van der Waals surface area contributed by atoms with E-state index >= 15 is 0 Å². The van der Waals surface area contributed by atoms with E-state index in [2.05, 4.69) is 5.32 Å². The van der Waals surface area contributed by atoms with Crippen LogP contribution in [0.5, 0.6) is 0 Å². The molecule has 0 aliphatic rings. The summed E-state index contributed by atoms with van der Waals surface area (Å²) in [6, 6.07) is 9.91. The van der Waals surface area contributed by atoms with E-state index in [1.54, 1.807) is 0 Å². The van der Waals surface area contributed by atoms with Crippen molar-refractivity contribution in [2.24, 2.45) is 5.92 Å². The molecule has 0 aliphatic heterocycles. The fourth-order valence-electron chi connectivity index (χ4n) is 1.76.